The number of carbonyl (C=O) groups excluding carboxylic acids is 2. The van der Waals surface area contributed by atoms with Crippen LogP contribution in [0.1, 0.15) is 32.3 Å². The Morgan fingerprint density at radius 2 is 1.80 bits per heavy atom. The fourth-order valence-electron chi connectivity index (χ4n) is 5.82. The van der Waals surface area contributed by atoms with Gasteiger partial charge in [-0.25, -0.2) is 18.0 Å². The molecule has 3 heterocycles. The molecule has 2 fully saturated rings. The molecule has 3 aliphatic rings. The maximum Gasteiger partial charge on any atom is 0.407 e. The topological polar surface area (TPSA) is 180 Å². The smallest absolute Gasteiger partial charge is 0.407 e. The van der Waals surface area contributed by atoms with E-state index in [-0.39, 0.29) is 56.2 Å². The lowest BCUT2D eigenvalue weighted by atomic mass is 10.0. The van der Waals surface area contributed by atoms with Crippen LogP contribution in [-0.2, 0) is 35.4 Å². The largest absolute Gasteiger partial charge is 0.493 e. The summed E-state index contributed by atoms with van der Waals surface area (Å²) in [5.74, 6) is 1.21. The quantitative estimate of drug-likeness (QED) is 0.218. The third-order valence-electron chi connectivity index (χ3n) is 8.33. The van der Waals surface area contributed by atoms with Gasteiger partial charge in [-0.15, -0.1) is 0 Å². The molecule has 0 saturated carbocycles. The van der Waals surface area contributed by atoms with E-state index in [2.05, 4.69) is 10.6 Å². The molecule has 15 nitrogen and oxygen atoms in total. The number of ether oxygens (including phenoxy) is 7. The molecule has 2 saturated heterocycles. The number of nitrogens with one attached hydrogen (secondary N) is 2. The average molecular weight is 708 g/mol. The van der Waals surface area contributed by atoms with Crippen LogP contribution in [0.15, 0.2) is 47.4 Å². The second kappa shape index (κ2) is 16.7. The highest BCUT2D eigenvalue weighted by atomic mass is 32.2. The van der Waals surface area contributed by atoms with Gasteiger partial charge in [0.15, 0.2) is 17.8 Å². The second-order valence-corrected chi connectivity index (χ2v) is 14.4. The third kappa shape index (κ3) is 9.66. The van der Waals surface area contributed by atoms with Crippen LogP contribution >= 0.6 is 0 Å². The highest BCUT2D eigenvalue weighted by Crippen LogP contribution is 2.35. The Bertz CT molecular complexity index is 1520. The van der Waals surface area contributed by atoms with Crippen molar-refractivity contribution in [2.45, 2.75) is 62.5 Å². The van der Waals surface area contributed by atoms with E-state index in [0.717, 1.165) is 5.56 Å². The fraction of sp³-hybridized carbons (Fsp3) is 0.576. The van der Waals surface area contributed by atoms with Crippen molar-refractivity contribution in [3.63, 3.8) is 0 Å². The summed E-state index contributed by atoms with van der Waals surface area (Å²) in [5, 5.41) is 16.8. The van der Waals surface area contributed by atoms with Gasteiger partial charge in [-0.3, -0.25) is 0 Å². The molecule has 2 amide bonds. The maximum absolute atomic E-state index is 13.9. The zero-order chi connectivity index (χ0) is 35.0. The van der Waals surface area contributed by atoms with E-state index in [4.69, 9.17) is 33.2 Å². The van der Waals surface area contributed by atoms with Crippen molar-refractivity contribution in [2.75, 3.05) is 53.4 Å². The van der Waals surface area contributed by atoms with Crippen LogP contribution in [0.4, 0.5) is 9.59 Å². The van der Waals surface area contributed by atoms with Crippen LogP contribution < -0.4 is 24.8 Å². The van der Waals surface area contributed by atoms with Crippen molar-refractivity contribution >= 4 is 22.2 Å². The van der Waals surface area contributed by atoms with Crippen LogP contribution in [-0.4, -0.2) is 108 Å². The lowest BCUT2D eigenvalue weighted by Gasteiger charge is -2.31. The predicted molar refractivity (Wildman–Crippen MR) is 174 cm³/mol. The Balaban J connectivity index is 1.28. The summed E-state index contributed by atoms with van der Waals surface area (Å²) in [7, 11) is -2.60. The number of aliphatic hydroxyl groups is 1. The number of hydrogen-bond acceptors (Lipinski definition) is 12. The van der Waals surface area contributed by atoms with Gasteiger partial charge in [0, 0.05) is 32.6 Å². The summed E-state index contributed by atoms with van der Waals surface area (Å²) in [5.41, 5.74) is 0.752. The number of benzene rings is 2. The van der Waals surface area contributed by atoms with E-state index in [1.54, 1.807) is 24.3 Å². The molecule has 5 atom stereocenters. The van der Waals surface area contributed by atoms with E-state index in [1.807, 2.05) is 13.8 Å². The van der Waals surface area contributed by atoms with E-state index in [1.165, 1.54) is 29.6 Å². The molecule has 16 heteroatoms. The Kier molecular flexibility index (Phi) is 12.4. The number of hydrogen-bond donors (Lipinski definition) is 3. The predicted octanol–water partition coefficient (Wildman–Crippen LogP) is 2.65. The van der Waals surface area contributed by atoms with Crippen molar-refractivity contribution in [3.05, 3.63) is 48.0 Å². The van der Waals surface area contributed by atoms with Gasteiger partial charge < -0.3 is 48.9 Å². The van der Waals surface area contributed by atoms with Gasteiger partial charge in [-0.05, 0) is 48.6 Å². The molecular weight excluding hydrogens is 662 g/mol. The van der Waals surface area contributed by atoms with Crippen molar-refractivity contribution in [1.29, 1.82) is 0 Å². The Morgan fingerprint density at radius 3 is 2.55 bits per heavy atom. The van der Waals surface area contributed by atoms with Crippen LogP contribution in [0.25, 0.3) is 0 Å². The zero-order valence-electron chi connectivity index (χ0n) is 27.9. The molecular formula is C33H45N3O12S. The normalized spacial score (nSPS) is 20.9. The highest BCUT2D eigenvalue weighted by Gasteiger charge is 2.44. The number of fused-ring (bicyclic) bond motifs is 2. The summed E-state index contributed by atoms with van der Waals surface area (Å²) < 4.78 is 67.3. The molecule has 0 radical (unpaired) electrons. The van der Waals surface area contributed by atoms with Crippen molar-refractivity contribution in [3.8, 4) is 17.2 Å². The summed E-state index contributed by atoms with van der Waals surface area (Å²) >= 11 is 0. The van der Waals surface area contributed by atoms with Gasteiger partial charge in [0.25, 0.3) is 0 Å². The Morgan fingerprint density at radius 1 is 1.02 bits per heavy atom. The van der Waals surface area contributed by atoms with E-state index in [0.29, 0.717) is 43.3 Å². The number of alkyl carbamates (subject to hydrolysis) is 2. The minimum atomic E-state index is -4.09. The van der Waals surface area contributed by atoms with Gasteiger partial charge in [0.05, 0.1) is 49.4 Å². The van der Waals surface area contributed by atoms with E-state index in [9.17, 15) is 23.1 Å². The minimum Gasteiger partial charge on any atom is -0.493 e. The van der Waals surface area contributed by atoms with Gasteiger partial charge in [0.2, 0.25) is 16.8 Å². The maximum atomic E-state index is 13.9. The SMILES string of the molecule is CNC(=O)OCCCOc1ccc(C[C@H](NC(=O)O[C@H]2CO[C@H]3OCC[C@H]32)[C@H](O)CN(CC(C)C)S(=O)(=O)c2ccc3c(c2)OCO3)cc1. The first-order valence-corrected chi connectivity index (χ1v) is 17.8. The van der Waals surface area contributed by atoms with E-state index >= 15 is 0 Å². The molecule has 49 heavy (non-hydrogen) atoms. The molecule has 0 aromatic heterocycles. The number of rotatable bonds is 16. The second-order valence-electron chi connectivity index (χ2n) is 12.5. The zero-order valence-corrected chi connectivity index (χ0v) is 28.7. The fourth-order valence-corrected chi connectivity index (χ4v) is 7.45. The van der Waals surface area contributed by atoms with E-state index < -0.39 is 46.7 Å². The van der Waals surface area contributed by atoms with Crippen molar-refractivity contribution in [1.82, 2.24) is 14.9 Å². The van der Waals surface area contributed by atoms with Gasteiger partial charge in [-0.2, -0.15) is 4.31 Å². The molecule has 3 aliphatic heterocycles. The number of amides is 2. The van der Waals surface area contributed by atoms with Gasteiger partial charge in [0.1, 0.15) is 11.9 Å². The first kappa shape index (κ1) is 36.5. The van der Waals surface area contributed by atoms with Gasteiger partial charge in [-0.1, -0.05) is 26.0 Å². The molecule has 5 rings (SSSR count). The average Bonchev–Trinajstić information content (AvgIpc) is 3.83. The number of nitrogens with zero attached hydrogens (tertiary/aromatic N) is 1. The number of sulfonamides is 1. The molecule has 2 aromatic rings. The van der Waals surface area contributed by atoms with Gasteiger partial charge >= 0.3 is 12.2 Å². The van der Waals surface area contributed by atoms with Crippen LogP contribution in [0.3, 0.4) is 0 Å². The Labute approximate surface area is 286 Å². The summed E-state index contributed by atoms with van der Waals surface area (Å²) in [6.45, 7) is 4.83. The van der Waals surface area contributed by atoms with Crippen molar-refractivity contribution in [2.24, 2.45) is 11.8 Å². The molecule has 270 valence electrons. The summed E-state index contributed by atoms with van der Waals surface area (Å²) in [6.07, 6.45) is -2.14. The van der Waals surface area contributed by atoms with Crippen molar-refractivity contribution < 1.29 is 56.3 Å². The van der Waals surface area contributed by atoms with Crippen LogP contribution in [0, 0.1) is 11.8 Å². The monoisotopic (exact) mass is 707 g/mol. The first-order valence-electron chi connectivity index (χ1n) is 16.4. The summed E-state index contributed by atoms with van der Waals surface area (Å²) in [6, 6.07) is 10.6. The molecule has 0 unspecified atom stereocenters. The highest BCUT2D eigenvalue weighted by molar-refractivity contribution is 7.89. The lowest BCUT2D eigenvalue weighted by Crippen LogP contribution is -2.51. The van der Waals surface area contributed by atoms with Crippen LogP contribution in [0.2, 0.25) is 0 Å². The molecule has 0 aliphatic carbocycles. The molecule has 0 spiro atoms. The standard InChI is InChI=1S/C33H45N3O12S/c1-21(2)17-36(49(40,41)24-9-10-28-29(16-24)47-20-46-28)18-27(37)26(35-33(39)48-30-19-45-31-25(30)11-14-43-31)15-22-5-7-23(8-6-22)42-12-4-13-44-32(38)34-3/h5-10,16,21,25-27,30-31,37H,4,11-15,17-20H2,1-3H3,(H,34,38)(H,35,39)/t25-,26-,27+,30-,31+/m0/s1. The molecule has 0 bridgehead atoms. The van der Waals surface area contributed by atoms with Crippen LogP contribution in [0.5, 0.6) is 17.2 Å². The lowest BCUT2D eigenvalue weighted by molar-refractivity contribution is -0.0907. The number of carbonyl (C=O) groups is 2. The minimum absolute atomic E-state index is 0.000686. The summed E-state index contributed by atoms with van der Waals surface area (Å²) in [4.78, 5) is 24.4. The molecule has 3 N–H and O–H groups in total. The number of aliphatic hydroxyl groups excluding tert-OH is 1. The first-order chi connectivity index (χ1) is 23.5. The third-order valence-corrected chi connectivity index (χ3v) is 10.2. The molecule has 2 aromatic carbocycles. The Hall–Kier alpha value is -3.83.